The van der Waals surface area contributed by atoms with Gasteiger partial charge in [-0.2, -0.15) is 6.08 Å². The fourth-order valence-corrected chi connectivity index (χ4v) is 0.172. The first-order valence-electron chi connectivity index (χ1n) is 2.34. The third kappa shape index (κ3) is 27.2. The van der Waals surface area contributed by atoms with Crippen LogP contribution in [0.4, 0.5) is 0 Å². The molecule has 0 N–H and O–H groups in total. The van der Waals surface area contributed by atoms with Crippen molar-refractivity contribution in [2.45, 2.75) is 6.92 Å². The minimum Gasteiger partial charge on any atom is -0.293 e. The predicted molar refractivity (Wildman–Crippen MR) is 35.1 cm³/mol. The molecule has 0 aromatic rings. The minimum absolute atomic E-state index is 0.222. The number of hydrogen-bond donors (Lipinski definition) is 0. The van der Waals surface area contributed by atoms with Gasteiger partial charge in [0.15, 0.2) is 0 Å². The summed E-state index contributed by atoms with van der Waals surface area (Å²) in [5, 5.41) is 0. The Bertz CT molecular complexity index is 190. The van der Waals surface area contributed by atoms with Crippen LogP contribution in [0.25, 0.3) is 0 Å². The molecule has 0 aliphatic heterocycles. The molecule has 0 saturated carbocycles. The largest absolute Gasteiger partial charge is 0.293 e. The molecule has 0 aliphatic rings. The summed E-state index contributed by atoms with van der Waals surface area (Å²) in [6.07, 6.45) is 5.15. The van der Waals surface area contributed by atoms with E-state index in [2.05, 4.69) is 0 Å². The summed E-state index contributed by atoms with van der Waals surface area (Å²) < 4.78 is 0. The zero-order valence-electron chi connectivity index (χ0n) is 5.48. The van der Waals surface area contributed by atoms with Crippen molar-refractivity contribution < 1.29 is 23.7 Å². The fraction of sp³-hybridized carbons (Fsp3) is 0.143. The van der Waals surface area contributed by atoms with Gasteiger partial charge in [0, 0.05) is 0 Å². The molecule has 56 valence electrons. The van der Waals surface area contributed by atoms with Gasteiger partial charge in [0.25, 0.3) is 0 Å². The first-order chi connectivity index (χ1) is 4.83. The summed E-state index contributed by atoms with van der Waals surface area (Å²) in [7, 11) is 0. The quantitative estimate of drug-likeness (QED) is 0.338. The van der Waals surface area contributed by atoms with E-state index in [9.17, 15) is 0 Å². The fourth-order valence-electron chi connectivity index (χ4n) is 0.126. The van der Waals surface area contributed by atoms with Crippen molar-refractivity contribution in [2.24, 2.45) is 0 Å². The van der Waals surface area contributed by atoms with Crippen LogP contribution in [0.1, 0.15) is 6.92 Å². The number of carbonyl (C=O) groups excluding carboxylic acids is 2. The van der Waals surface area contributed by atoms with E-state index in [1.165, 1.54) is 15.6 Å². The van der Waals surface area contributed by atoms with Gasteiger partial charge in [-0.3, -0.25) is 6.58 Å². The van der Waals surface area contributed by atoms with Crippen molar-refractivity contribution in [3.63, 3.8) is 0 Å². The van der Waals surface area contributed by atoms with E-state index in [-0.39, 0.29) is 14.1 Å². The Labute approximate surface area is 65.5 Å². The Hall–Kier alpha value is -0.841. The van der Waals surface area contributed by atoms with E-state index in [4.69, 9.17) is 16.2 Å². The summed E-state index contributed by atoms with van der Waals surface area (Å²) in [6.45, 7) is 6.85. The van der Waals surface area contributed by atoms with Gasteiger partial charge in [0.1, 0.15) is 0 Å². The van der Waals surface area contributed by atoms with Crippen LogP contribution in [-0.2, 0) is 23.7 Å². The van der Waals surface area contributed by atoms with Crippen LogP contribution >= 0.6 is 0 Å². The maximum absolute atomic E-state index is 9.02. The summed E-state index contributed by atoms with van der Waals surface area (Å²) >= 11 is -0.222. The molecule has 0 rings (SSSR count). The first kappa shape index (κ1) is 11.9. The first-order valence-corrected chi connectivity index (χ1v) is 3.44. The Morgan fingerprint density at radius 3 is 1.90 bits per heavy atom. The molecule has 0 aromatic heterocycles. The molecular formula is C7H7FeO2-. The third-order valence-corrected chi connectivity index (χ3v) is 0.601. The van der Waals surface area contributed by atoms with Crippen LogP contribution in [0.2, 0.25) is 0 Å². The average molecular weight is 179 g/mol. The molecule has 0 atom stereocenters. The standard InChI is InChI=1S/C5H7.2CO.Fe/c1-3-5-4-2;2*1-2;/h1,3-5H,2H3;;;/q-1;;;. The van der Waals surface area contributed by atoms with E-state index in [0.29, 0.717) is 0 Å². The summed E-state index contributed by atoms with van der Waals surface area (Å²) in [4.78, 5) is 20.7. The van der Waals surface area contributed by atoms with Crippen molar-refractivity contribution >= 4 is 9.57 Å². The van der Waals surface area contributed by atoms with Crippen LogP contribution in [0.15, 0.2) is 18.2 Å². The summed E-state index contributed by atoms with van der Waals surface area (Å²) in [5.41, 5.74) is 0. The summed E-state index contributed by atoms with van der Waals surface area (Å²) in [5.74, 6) is 0. The summed E-state index contributed by atoms with van der Waals surface area (Å²) in [6, 6.07) is 0. The molecular weight excluding hydrogens is 172 g/mol. The zero-order chi connectivity index (χ0) is 8.24. The van der Waals surface area contributed by atoms with Crippen LogP contribution in [0.5, 0.6) is 0 Å². The second-order valence-electron chi connectivity index (χ2n) is 0.951. The van der Waals surface area contributed by atoms with Crippen molar-refractivity contribution in [1.82, 2.24) is 0 Å². The van der Waals surface area contributed by atoms with Crippen molar-refractivity contribution in [2.75, 3.05) is 0 Å². The molecule has 0 fully saturated rings. The molecule has 0 spiro atoms. The molecule has 0 aromatic carbocycles. The maximum atomic E-state index is 9.02. The van der Waals surface area contributed by atoms with E-state index < -0.39 is 0 Å². The Morgan fingerprint density at radius 2 is 1.90 bits per heavy atom. The van der Waals surface area contributed by atoms with E-state index in [1.807, 2.05) is 13.0 Å². The van der Waals surface area contributed by atoms with Gasteiger partial charge in [0.05, 0.1) is 0 Å². The number of rotatable bonds is 1. The molecule has 0 heterocycles. The molecule has 0 radical (unpaired) electrons. The number of allylic oxidation sites excluding steroid dienone is 3. The van der Waals surface area contributed by atoms with E-state index >= 15 is 0 Å². The Morgan fingerprint density at radius 1 is 1.40 bits per heavy atom. The molecule has 10 heavy (non-hydrogen) atoms. The third-order valence-electron chi connectivity index (χ3n) is 0.376. The van der Waals surface area contributed by atoms with Gasteiger partial charge in [-0.05, 0) is 0 Å². The molecule has 0 aliphatic carbocycles. The Balaban J connectivity index is 0. The van der Waals surface area contributed by atoms with Gasteiger partial charge in [-0.1, -0.05) is 6.92 Å². The van der Waals surface area contributed by atoms with Gasteiger partial charge in [0.2, 0.25) is 0 Å². The smallest absolute Gasteiger partial charge is 0.0633 e. The SMILES string of the molecule is O=[C]=[Fe]=[C]=O.[CH-]=CC=CC. The average Bonchev–Trinajstić information content (AvgIpc) is 1.93. The zero-order valence-corrected chi connectivity index (χ0v) is 6.58. The second-order valence-corrected chi connectivity index (χ2v) is 1.68. The predicted octanol–water partition coefficient (Wildman–Crippen LogP) is 0.755. The molecule has 2 nitrogen and oxygen atoms in total. The van der Waals surface area contributed by atoms with Crippen molar-refractivity contribution in [1.29, 1.82) is 0 Å². The maximum Gasteiger partial charge on any atom is -0.0633 e. The monoisotopic (exact) mass is 179 g/mol. The molecule has 0 amide bonds. The van der Waals surface area contributed by atoms with E-state index in [0.717, 1.165) is 0 Å². The van der Waals surface area contributed by atoms with Crippen LogP contribution in [-0.4, -0.2) is 9.57 Å². The molecule has 0 bridgehead atoms. The van der Waals surface area contributed by atoms with Crippen molar-refractivity contribution in [3.05, 3.63) is 24.8 Å². The van der Waals surface area contributed by atoms with E-state index in [1.54, 1.807) is 6.08 Å². The Kier molecular flexibility index (Phi) is 18.7. The molecule has 0 saturated heterocycles. The second kappa shape index (κ2) is 15.7. The number of hydrogen-bond acceptors (Lipinski definition) is 2. The molecule has 3 heteroatoms. The van der Waals surface area contributed by atoms with Gasteiger partial charge >= 0.3 is 33.2 Å². The van der Waals surface area contributed by atoms with Crippen LogP contribution < -0.4 is 0 Å². The van der Waals surface area contributed by atoms with Crippen LogP contribution in [0.3, 0.4) is 0 Å². The van der Waals surface area contributed by atoms with Crippen molar-refractivity contribution in [3.8, 4) is 0 Å². The topological polar surface area (TPSA) is 34.1 Å². The van der Waals surface area contributed by atoms with Gasteiger partial charge < -0.3 is 0 Å². The minimum atomic E-state index is -0.222. The normalized spacial score (nSPS) is 6.90. The van der Waals surface area contributed by atoms with Gasteiger partial charge in [-0.15, -0.1) is 0 Å². The van der Waals surface area contributed by atoms with Crippen LogP contribution in [0, 0.1) is 6.58 Å². The van der Waals surface area contributed by atoms with Gasteiger partial charge in [-0.25, -0.2) is 12.2 Å². The molecule has 0 unspecified atom stereocenters.